The van der Waals surface area contributed by atoms with Crippen LogP contribution >= 0.6 is 27.5 Å². The van der Waals surface area contributed by atoms with Gasteiger partial charge in [0.1, 0.15) is 0 Å². The van der Waals surface area contributed by atoms with Crippen LogP contribution in [0.15, 0.2) is 34.8 Å². The third-order valence-corrected chi connectivity index (χ3v) is 4.20. The highest BCUT2D eigenvalue weighted by molar-refractivity contribution is 9.10. The molecule has 2 aromatic carbocycles. The van der Waals surface area contributed by atoms with Gasteiger partial charge in [-0.1, -0.05) is 33.6 Å². The second kappa shape index (κ2) is 6.45. The minimum atomic E-state index is -0.363. The van der Waals surface area contributed by atoms with Crippen LogP contribution in [0.1, 0.15) is 16.7 Å². The predicted octanol–water partition coefficient (Wildman–Crippen LogP) is 5.24. The molecular formula is C15H14BrClN2O2. The zero-order valence-corrected chi connectivity index (χ0v) is 14.0. The molecule has 0 aliphatic carbocycles. The van der Waals surface area contributed by atoms with Gasteiger partial charge in [-0.25, -0.2) is 0 Å². The van der Waals surface area contributed by atoms with Crippen LogP contribution in [0, 0.1) is 24.0 Å². The lowest BCUT2D eigenvalue weighted by Gasteiger charge is -2.12. The van der Waals surface area contributed by atoms with Gasteiger partial charge < -0.3 is 5.32 Å². The first-order valence-corrected chi connectivity index (χ1v) is 7.49. The van der Waals surface area contributed by atoms with Crippen LogP contribution in [0.3, 0.4) is 0 Å². The Balaban J connectivity index is 2.23. The maximum atomic E-state index is 11.0. The summed E-state index contributed by atoms with van der Waals surface area (Å²) in [5.41, 5.74) is 3.55. The summed E-state index contributed by atoms with van der Waals surface area (Å²) in [6.45, 7) is 4.22. The Morgan fingerprint density at radius 3 is 2.57 bits per heavy atom. The molecule has 4 nitrogen and oxygen atoms in total. The van der Waals surface area contributed by atoms with Gasteiger partial charge in [-0.15, -0.1) is 0 Å². The molecule has 2 aromatic rings. The summed E-state index contributed by atoms with van der Waals surface area (Å²) < 4.78 is 0.904. The van der Waals surface area contributed by atoms with E-state index in [0.717, 1.165) is 21.3 Å². The average molecular weight is 370 g/mol. The van der Waals surface area contributed by atoms with E-state index in [4.69, 9.17) is 11.6 Å². The molecule has 2 rings (SSSR count). The van der Waals surface area contributed by atoms with Crippen LogP contribution in [-0.2, 0) is 6.54 Å². The minimum Gasteiger partial charge on any atom is -0.381 e. The van der Waals surface area contributed by atoms with Gasteiger partial charge in [0.05, 0.1) is 4.92 Å². The normalized spacial score (nSPS) is 10.5. The van der Waals surface area contributed by atoms with Gasteiger partial charge in [-0.3, -0.25) is 10.1 Å². The summed E-state index contributed by atoms with van der Waals surface area (Å²) >= 11 is 9.36. The van der Waals surface area contributed by atoms with Crippen LogP contribution in [0.4, 0.5) is 11.4 Å². The molecule has 0 unspecified atom stereocenters. The number of halogens is 2. The van der Waals surface area contributed by atoms with E-state index >= 15 is 0 Å². The SMILES string of the molecule is Cc1cc(C)c([N+](=O)[O-])cc1NCc1ccc(Cl)cc1Br. The highest BCUT2D eigenvalue weighted by Gasteiger charge is 2.13. The van der Waals surface area contributed by atoms with E-state index in [1.807, 2.05) is 31.2 Å². The zero-order valence-electron chi connectivity index (χ0n) is 11.6. The Labute approximate surface area is 136 Å². The number of benzene rings is 2. The lowest BCUT2D eigenvalue weighted by atomic mass is 10.1. The van der Waals surface area contributed by atoms with Crippen molar-refractivity contribution >= 4 is 38.9 Å². The Morgan fingerprint density at radius 1 is 1.24 bits per heavy atom. The van der Waals surface area contributed by atoms with Gasteiger partial charge in [0.25, 0.3) is 5.69 Å². The van der Waals surface area contributed by atoms with E-state index in [-0.39, 0.29) is 10.6 Å². The smallest absolute Gasteiger partial charge is 0.274 e. The van der Waals surface area contributed by atoms with Gasteiger partial charge >= 0.3 is 0 Å². The molecule has 0 fully saturated rings. The molecule has 0 amide bonds. The van der Waals surface area contributed by atoms with Crippen molar-refractivity contribution in [1.29, 1.82) is 0 Å². The lowest BCUT2D eigenvalue weighted by molar-refractivity contribution is -0.385. The van der Waals surface area contributed by atoms with Crippen LogP contribution in [0.5, 0.6) is 0 Å². The molecule has 0 spiro atoms. The summed E-state index contributed by atoms with van der Waals surface area (Å²) in [7, 11) is 0. The third-order valence-electron chi connectivity index (χ3n) is 3.22. The number of hydrogen-bond donors (Lipinski definition) is 1. The largest absolute Gasteiger partial charge is 0.381 e. The molecule has 0 bridgehead atoms. The van der Waals surface area contributed by atoms with Crippen LogP contribution in [0.2, 0.25) is 5.02 Å². The molecule has 0 aliphatic rings. The number of nitro benzene ring substituents is 1. The summed E-state index contributed by atoms with van der Waals surface area (Å²) in [5, 5.41) is 14.9. The van der Waals surface area contributed by atoms with E-state index in [9.17, 15) is 10.1 Å². The number of nitrogens with one attached hydrogen (secondary N) is 1. The fourth-order valence-electron chi connectivity index (χ4n) is 2.08. The Kier molecular flexibility index (Phi) is 4.85. The molecule has 0 saturated heterocycles. The van der Waals surface area contributed by atoms with Crippen molar-refractivity contribution in [1.82, 2.24) is 0 Å². The molecule has 0 heterocycles. The summed E-state index contributed by atoms with van der Waals surface area (Å²) in [4.78, 5) is 10.6. The summed E-state index contributed by atoms with van der Waals surface area (Å²) in [6.07, 6.45) is 0. The van der Waals surface area contributed by atoms with Gasteiger partial charge in [0.15, 0.2) is 0 Å². The standard InChI is InChI=1S/C15H14BrClN2O2/c1-9-5-10(2)15(19(20)21)7-14(9)18-8-11-3-4-12(17)6-13(11)16/h3-7,18H,8H2,1-2H3. The molecule has 0 aromatic heterocycles. The number of hydrogen-bond acceptors (Lipinski definition) is 3. The Hall–Kier alpha value is -1.59. The maximum Gasteiger partial charge on any atom is 0.274 e. The summed E-state index contributed by atoms with van der Waals surface area (Å²) in [5.74, 6) is 0. The quantitative estimate of drug-likeness (QED) is 0.592. The van der Waals surface area contributed by atoms with Gasteiger partial charge in [0, 0.05) is 33.4 Å². The van der Waals surface area contributed by atoms with Gasteiger partial charge in [0.2, 0.25) is 0 Å². The van der Waals surface area contributed by atoms with Crippen molar-refractivity contribution < 1.29 is 4.92 Å². The molecule has 0 atom stereocenters. The fourth-order valence-corrected chi connectivity index (χ4v) is 2.91. The predicted molar refractivity (Wildman–Crippen MR) is 89.0 cm³/mol. The highest BCUT2D eigenvalue weighted by Crippen LogP contribution is 2.28. The average Bonchev–Trinajstić information content (AvgIpc) is 2.39. The number of nitro groups is 1. The molecule has 0 radical (unpaired) electrons. The van der Waals surface area contributed by atoms with Crippen molar-refractivity contribution in [2.75, 3.05) is 5.32 Å². The van der Waals surface area contributed by atoms with E-state index < -0.39 is 0 Å². The maximum absolute atomic E-state index is 11.0. The van der Waals surface area contributed by atoms with Crippen LogP contribution < -0.4 is 5.32 Å². The highest BCUT2D eigenvalue weighted by atomic mass is 79.9. The first kappa shape index (κ1) is 15.8. The van der Waals surface area contributed by atoms with Crippen molar-refractivity contribution in [2.24, 2.45) is 0 Å². The molecule has 0 aliphatic heterocycles. The molecule has 6 heteroatoms. The minimum absolute atomic E-state index is 0.123. The molecular weight excluding hydrogens is 356 g/mol. The molecule has 21 heavy (non-hydrogen) atoms. The fraction of sp³-hybridized carbons (Fsp3) is 0.200. The Bertz CT molecular complexity index is 704. The van der Waals surface area contributed by atoms with Crippen LogP contribution in [-0.4, -0.2) is 4.92 Å². The number of nitrogens with zero attached hydrogens (tertiary/aromatic N) is 1. The second-order valence-electron chi connectivity index (χ2n) is 4.80. The first-order chi connectivity index (χ1) is 9.88. The third kappa shape index (κ3) is 3.74. The van der Waals surface area contributed by atoms with E-state index in [0.29, 0.717) is 17.1 Å². The first-order valence-electron chi connectivity index (χ1n) is 6.32. The van der Waals surface area contributed by atoms with Gasteiger partial charge in [-0.2, -0.15) is 0 Å². The van der Waals surface area contributed by atoms with Crippen LogP contribution in [0.25, 0.3) is 0 Å². The van der Waals surface area contributed by atoms with E-state index in [2.05, 4.69) is 21.2 Å². The topological polar surface area (TPSA) is 55.2 Å². The number of rotatable bonds is 4. The van der Waals surface area contributed by atoms with Crippen molar-refractivity contribution in [3.8, 4) is 0 Å². The molecule has 1 N–H and O–H groups in total. The van der Waals surface area contributed by atoms with E-state index in [1.54, 1.807) is 13.0 Å². The van der Waals surface area contributed by atoms with Gasteiger partial charge in [-0.05, 0) is 43.2 Å². The zero-order chi connectivity index (χ0) is 15.6. The summed E-state index contributed by atoms with van der Waals surface area (Å²) in [6, 6.07) is 8.94. The van der Waals surface area contributed by atoms with Crippen molar-refractivity contribution in [3.05, 3.63) is 66.6 Å². The van der Waals surface area contributed by atoms with Crippen molar-refractivity contribution in [2.45, 2.75) is 20.4 Å². The number of anilines is 1. The molecule has 110 valence electrons. The lowest BCUT2D eigenvalue weighted by Crippen LogP contribution is -2.03. The monoisotopic (exact) mass is 368 g/mol. The van der Waals surface area contributed by atoms with E-state index in [1.165, 1.54) is 0 Å². The second-order valence-corrected chi connectivity index (χ2v) is 6.09. The Morgan fingerprint density at radius 2 is 1.95 bits per heavy atom. The number of aryl methyl sites for hydroxylation is 2. The molecule has 0 saturated carbocycles. The van der Waals surface area contributed by atoms with Crippen molar-refractivity contribution in [3.63, 3.8) is 0 Å².